The molecule has 0 aromatic heterocycles. The predicted molar refractivity (Wildman–Crippen MR) is 113 cm³/mol. The van der Waals surface area contributed by atoms with Crippen molar-refractivity contribution in [2.45, 2.75) is 19.6 Å². The molecule has 0 spiro atoms. The molecule has 0 fully saturated rings. The fourth-order valence-corrected chi connectivity index (χ4v) is 2.28. The van der Waals surface area contributed by atoms with Crippen LogP contribution in [0.4, 0.5) is 8.78 Å². The molecule has 2 aromatic rings. The first-order valence-corrected chi connectivity index (χ1v) is 8.21. The zero-order valence-electron chi connectivity index (χ0n) is 15.5. The van der Waals surface area contributed by atoms with Crippen LogP contribution in [0.1, 0.15) is 12.5 Å². The maximum absolute atomic E-state index is 13.7. The van der Waals surface area contributed by atoms with Gasteiger partial charge in [0.2, 0.25) is 0 Å². The Hall–Kier alpha value is -2.10. The van der Waals surface area contributed by atoms with Gasteiger partial charge >= 0.3 is 0 Å². The van der Waals surface area contributed by atoms with E-state index in [4.69, 9.17) is 9.47 Å². The Balaban J connectivity index is 0.00000364. The summed E-state index contributed by atoms with van der Waals surface area (Å²) in [6, 6.07) is 10.8. The lowest BCUT2D eigenvalue weighted by Gasteiger charge is -2.18. The molecule has 2 rings (SSSR count). The minimum Gasteiger partial charge on any atom is -0.494 e. The third kappa shape index (κ3) is 7.58. The van der Waals surface area contributed by atoms with Crippen LogP contribution in [0.2, 0.25) is 0 Å². The molecule has 2 N–H and O–H groups in total. The minimum atomic E-state index is -0.410. The fraction of sp³-hybridized carbons (Fsp3) is 0.316. The number of ether oxygens (including phenoxy) is 2. The van der Waals surface area contributed by atoms with E-state index < -0.39 is 5.82 Å². The number of halogens is 3. The van der Waals surface area contributed by atoms with E-state index in [1.807, 2.05) is 6.92 Å². The van der Waals surface area contributed by atoms with Crippen LogP contribution in [0.3, 0.4) is 0 Å². The standard InChI is InChI=1S/C19H23F2N3O2.HI/c1-13(26-16-6-4-5-15(20)10-16)11-23-19(22-2)24-12-14-7-8-18(25-3)17(21)9-14;/h4-10,13H,11-12H2,1-3H3,(H2,22,23,24);1H. The van der Waals surface area contributed by atoms with Crippen LogP contribution in [0.15, 0.2) is 47.5 Å². The van der Waals surface area contributed by atoms with E-state index in [0.717, 1.165) is 5.56 Å². The van der Waals surface area contributed by atoms with Gasteiger partial charge in [-0.25, -0.2) is 8.78 Å². The van der Waals surface area contributed by atoms with Gasteiger partial charge in [-0.3, -0.25) is 4.99 Å². The van der Waals surface area contributed by atoms with Crippen LogP contribution in [-0.2, 0) is 6.54 Å². The van der Waals surface area contributed by atoms with Crippen LogP contribution in [-0.4, -0.2) is 32.8 Å². The van der Waals surface area contributed by atoms with E-state index in [-0.39, 0.29) is 41.6 Å². The lowest BCUT2D eigenvalue weighted by atomic mass is 10.2. The summed E-state index contributed by atoms with van der Waals surface area (Å²) in [4.78, 5) is 4.11. The molecule has 0 amide bonds. The highest BCUT2D eigenvalue weighted by molar-refractivity contribution is 14.0. The topological polar surface area (TPSA) is 54.9 Å². The maximum Gasteiger partial charge on any atom is 0.191 e. The largest absolute Gasteiger partial charge is 0.494 e. The highest BCUT2D eigenvalue weighted by Gasteiger charge is 2.08. The van der Waals surface area contributed by atoms with Crippen molar-refractivity contribution < 1.29 is 18.3 Å². The first-order chi connectivity index (χ1) is 12.5. The monoisotopic (exact) mass is 491 g/mol. The Bertz CT molecular complexity index is 759. The lowest BCUT2D eigenvalue weighted by molar-refractivity contribution is 0.223. The summed E-state index contributed by atoms with van der Waals surface area (Å²) in [6.45, 7) is 2.73. The van der Waals surface area contributed by atoms with Crippen LogP contribution in [0.5, 0.6) is 11.5 Å². The van der Waals surface area contributed by atoms with Gasteiger partial charge in [0.15, 0.2) is 17.5 Å². The number of methoxy groups -OCH3 is 1. The highest BCUT2D eigenvalue weighted by Crippen LogP contribution is 2.17. The van der Waals surface area contributed by atoms with Gasteiger partial charge in [0, 0.05) is 19.7 Å². The van der Waals surface area contributed by atoms with Crippen molar-refractivity contribution in [1.29, 1.82) is 0 Å². The molecule has 0 aliphatic carbocycles. The van der Waals surface area contributed by atoms with E-state index in [9.17, 15) is 8.78 Å². The molecule has 5 nitrogen and oxygen atoms in total. The number of rotatable bonds is 7. The van der Waals surface area contributed by atoms with Crippen molar-refractivity contribution in [3.8, 4) is 11.5 Å². The first-order valence-electron chi connectivity index (χ1n) is 8.21. The van der Waals surface area contributed by atoms with Crippen molar-refractivity contribution in [2.75, 3.05) is 20.7 Å². The average Bonchev–Trinajstić information content (AvgIpc) is 2.62. The molecular weight excluding hydrogens is 467 g/mol. The molecule has 148 valence electrons. The van der Waals surface area contributed by atoms with Gasteiger partial charge in [-0.1, -0.05) is 12.1 Å². The van der Waals surface area contributed by atoms with Gasteiger partial charge in [0.25, 0.3) is 0 Å². The van der Waals surface area contributed by atoms with Gasteiger partial charge in [0.05, 0.1) is 13.7 Å². The normalized spacial score (nSPS) is 12.0. The first kappa shape index (κ1) is 22.9. The van der Waals surface area contributed by atoms with E-state index in [2.05, 4.69) is 15.6 Å². The minimum absolute atomic E-state index is 0. The van der Waals surface area contributed by atoms with Gasteiger partial charge in [-0.15, -0.1) is 24.0 Å². The molecule has 2 aromatic carbocycles. The number of hydrogen-bond donors (Lipinski definition) is 2. The Kier molecular flexibility index (Phi) is 9.84. The molecular formula is C19H24F2IN3O2. The number of nitrogens with one attached hydrogen (secondary N) is 2. The van der Waals surface area contributed by atoms with Crippen LogP contribution in [0, 0.1) is 11.6 Å². The van der Waals surface area contributed by atoms with Gasteiger partial charge < -0.3 is 20.1 Å². The molecule has 0 bridgehead atoms. The summed E-state index contributed by atoms with van der Waals surface area (Å²) < 4.78 is 37.4. The van der Waals surface area contributed by atoms with Gasteiger partial charge in [0.1, 0.15) is 17.7 Å². The number of hydrogen-bond acceptors (Lipinski definition) is 3. The summed E-state index contributed by atoms with van der Waals surface area (Å²) in [7, 11) is 3.07. The molecule has 0 heterocycles. The molecule has 0 saturated heterocycles. The second-order valence-corrected chi connectivity index (χ2v) is 5.66. The number of nitrogens with zero attached hydrogens (tertiary/aromatic N) is 1. The highest BCUT2D eigenvalue weighted by atomic mass is 127. The SMILES string of the molecule is CN=C(NCc1ccc(OC)c(F)c1)NCC(C)Oc1cccc(F)c1.I. The zero-order chi connectivity index (χ0) is 18.9. The molecule has 1 atom stereocenters. The fourth-order valence-electron chi connectivity index (χ4n) is 2.28. The summed E-state index contributed by atoms with van der Waals surface area (Å²) in [5, 5.41) is 6.21. The van der Waals surface area contributed by atoms with E-state index in [1.165, 1.54) is 25.3 Å². The third-order valence-corrected chi connectivity index (χ3v) is 3.59. The van der Waals surface area contributed by atoms with E-state index >= 15 is 0 Å². The second kappa shape index (κ2) is 11.6. The van der Waals surface area contributed by atoms with Crippen molar-refractivity contribution >= 4 is 29.9 Å². The van der Waals surface area contributed by atoms with Gasteiger partial charge in [-0.2, -0.15) is 0 Å². The smallest absolute Gasteiger partial charge is 0.191 e. The second-order valence-electron chi connectivity index (χ2n) is 5.66. The van der Waals surface area contributed by atoms with Crippen LogP contribution >= 0.6 is 24.0 Å². The molecule has 8 heteroatoms. The molecule has 0 saturated carbocycles. The Labute approximate surface area is 175 Å². The molecule has 0 radical (unpaired) electrons. The number of aliphatic imine (C=N–C) groups is 1. The van der Waals surface area contributed by atoms with Crippen molar-refractivity contribution in [1.82, 2.24) is 10.6 Å². The third-order valence-electron chi connectivity index (χ3n) is 3.59. The average molecular weight is 491 g/mol. The maximum atomic E-state index is 13.7. The predicted octanol–water partition coefficient (Wildman–Crippen LogP) is 3.72. The van der Waals surface area contributed by atoms with Crippen molar-refractivity contribution in [2.24, 2.45) is 4.99 Å². The molecule has 1 unspecified atom stereocenters. The van der Waals surface area contributed by atoms with E-state index in [1.54, 1.807) is 31.3 Å². The summed E-state index contributed by atoms with van der Waals surface area (Å²) >= 11 is 0. The Morgan fingerprint density at radius 3 is 2.56 bits per heavy atom. The summed E-state index contributed by atoms with van der Waals surface area (Å²) in [5.41, 5.74) is 0.760. The van der Waals surface area contributed by atoms with E-state index in [0.29, 0.717) is 24.8 Å². The van der Waals surface area contributed by atoms with Crippen molar-refractivity contribution in [3.63, 3.8) is 0 Å². The van der Waals surface area contributed by atoms with Crippen molar-refractivity contribution in [3.05, 3.63) is 59.7 Å². The Morgan fingerprint density at radius 1 is 1.15 bits per heavy atom. The molecule has 0 aliphatic rings. The zero-order valence-corrected chi connectivity index (χ0v) is 17.8. The Morgan fingerprint density at radius 2 is 1.93 bits per heavy atom. The summed E-state index contributed by atoms with van der Waals surface area (Å²) in [5.74, 6) is 0.477. The number of guanidine groups is 1. The molecule has 0 aliphatic heterocycles. The van der Waals surface area contributed by atoms with Crippen LogP contribution in [0.25, 0.3) is 0 Å². The van der Waals surface area contributed by atoms with Gasteiger partial charge in [-0.05, 0) is 36.8 Å². The van der Waals surface area contributed by atoms with Crippen LogP contribution < -0.4 is 20.1 Å². The lowest BCUT2D eigenvalue weighted by Crippen LogP contribution is -2.41. The number of benzene rings is 2. The summed E-state index contributed by atoms with van der Waals surface area (Å²) in [6.07, 6.45) is -0.200. The molecule has 27 heavy (non-hydrogen) atoms. The quantitative estimate of drug-likeness (QED) is 0.352.